The number of hydrogen-bond acceptors (Lipinski definition) is 4. The maximum Gasteiger partial charge on any atom is 0.262 e. The van der Waals surface area contributed by atoms with Crippen molar-refractivity contribution in [1.29, 1.82) is 0 Å². The highest BCUT2D eigenvalue weighted by Gasteiger charge is 2.69. The van der Waals surface area contributed by atoms with Crippen LogP contribution in [0.5, 0.6) is 0 Å². The van der Waals surface area contributed by atoms with Crippen molar-refractivity contribution in [3.05, 3.63) is 76.9 Å². The van der Waals surface area contributed by atoms with E-state index in [-0.39, 0.29) is 18.1 Å². The van der Waals surface area contributed by atoms with Crippen LogP contribution in [0.4, 0.5) is 0 Å². The molecule has 2 aromatic carbocycles. The molecule has 5 nitrogen and oxygen atoms in total. The van der Waals surface area contributed by atoms with E-state index < -0.39 is 11.4 Å². The number of carbonyl (C=O) groups is 1. The monoisotopic (exact) mass is 419 g/mol. The fraction of sp³-hybridized carbons (Fsp3) is 0.423. The molecule has 31 heavy (non-hydrogen) atoms. The zero-order chi connectivity index (χ0) is 21.8. The molecule has 1 spiro atoms. The summed E-state index contributed by atoms with van der Waals surface area (Å²) in [5, 5.41) is 0. The first-order valence-corrected chi connectivity index (χ1v) is 10.9. The van der Waals surface area contributed by atoms with Crippen LogP contribution >= 0.6 is 0 Å². The average Bonchev–Trinajstić information content (AvgIpc) is 3.29. The molecule has 3 heterocycles. The minimum absolute atomic E-state index is 0.00858. The molecule has 0 radical (unpaired) electrons. The summed E-state index contributed by atoms with van der Waals surface area (Å²) in [6.45, 7) is 9.33. The van der Waals surface area contributed by atoms with Gasteiger partial charge in [0.2, 0.25) is 0 Å². The molecule has 0 saturated carbocycles. The van der Waals surface area contributed by atoms with Crippen LogP contribution in [0, 0.1) is 6.92 Å². The Morgan fingerprint density at radius 3 is 2.35 bits per heavy atom. The van der Waals surface area contributed by atoms with Crippen LogP contribution in [0.3, 0.4) is 0 Å². The molecule has 5 rings (SSSR count). The van der Waals surface area contributed by atoms with Crippen molar-refractivity contribution >= 4 is 11.5 Å². The van der Waals surface area contributed by atoms with Crippen molar-refractivity contribution in [3.63, 3.8) is 0 Å². The minimum atomic E-state index is -0.983. The molecule has 0 N–H and O–H groups in total. The molecule has 3 aliphatic heterocycles. The molecule has 0 aliphatic carbocycles. The number of ether oxygens (including phenoxy) is 3. The van der Waals surface area contributed by atoms with E-state index in [1.165, 1.54) is 5.56 Å². The molecule has 0 aromatic heterocycles. The lowest BCUT2D eigenvalue weighted by molar-refractivity contribution is -0.213. The Bertz CT molecular complexity index is 1030. The summed E-state index contributed by atoms with van der Waals surface area (Å²) in [6.07, 6.45) is -0.247. The van der Waals surface area contributed by atoms with Crippen LogP contribution in [0.2, 0.25) is 0 Å². The first kappa shape index (κ1) is 20.4. The maximum atomic E-state index is 13.6. The Morgan fingerprint density at radius 1 is 1.00 bits per heavy atom. The van der Waals surface area contributed by atoms with Crippen LogP contribution in [0.25, 0.3) is 5.57 Å². The zero-order valence-corrected chi connectivity index (χ0v) is 18.6. The summed E-state index contributed by atoms with van der Waals surface area (Å²) in [7, 11) is 0. The van der Waals surface area contributed by atoms with Crippen molar-refractivity contribution in [2.75, 3.05) is 13.2 Å². The number of hydrogen-bond donors (Lipinski definition) is 0. The topological polar surface area (TPSA) is 48.0 Å². The van der Waals surface area contributed by atoms with Crippen molar-refractivity contribution in [2.24, 2.45) is 0 Å². The number of likely N-dealkylation sites (tertiary alicyclic amines) is 1. The van der Waals surface area contributed by atoms with Crippen molar-refractivity contribution < 1.29 is 19.0 Å². The smallest absolute Gasteiger partial charge is 0.262 e. The van der Waals surface area contributed by atoms with Crippen molar-refractivity contribution in [3.8, 4) is 0 Å². The van der Waals surface area contributed by atoms with Gasteiger partial charge >= 0.3 is 0 Å². The summed E-state index contributed by atoms with van der Waals surface area (Å²) in [5.74, 6) is -0.659. The van der Waals surface area contributed by atoms with Gasteiger partial charge in [-0.05, 0) is 50.0 Å². The largest absolute Gasteiger partial charge is 0.354 e. The molecule has 3 atom stereocenters. The molecule has 0 bridgehead atoms. The van der Waals surface area contributed by atoms with Crippen LogP contribution in [0.15, 0.2) is 60.2 Å². The average molecular weight is 420 g/mol. The van der Waals surface area contributed by atoms with Gasteiger partial charge in [-0.3, -0.25) is 4.79 Å². The molecule has 162 valence electrons. The Hall–Kier alpha value is -2.47. The van der Waals surface area contributed by atoms with E-state index in [9.17, 15) is 4.79 Å². The van der Waals surface area contributed by atoms with Gasteiger partial charge in [-0.1, -0.05) is 60.2 Å². The van der Waals surface area contributed by atoms with Gasteiger partial charge in [0.25, 0.3) is 5.91 Å². The van der Waals surface area contributed by atoms with Gasteiger partial charge in [0.15, 0.2) is 11.4 Å². The molecule has 2 fully saturated rings. The number of rotatable bonds is 4. The fourth-order valence-corrected chi connectivity index (χ4v) is 5.11. The van der Waals surface area contributed by atoms with Gasteiger partial charge in [-0.2, -0.15) is 0 Å². The summed E-state index contributed by atoms with van der Waals surface area (Å²) in [5.41, 5.74) is 4.51. The quantitative estimate of drug-likeness (QED) is 0.700. The molecule has 1 amide bonds. The molecule has 5 heteroatoms. The number of aryl methyl sites for hydroxylation is 1. The van der Waals surface area contributed by atoms with Gasteiger partial charge in [0.1, 0.15) is 12.1 Å². The zero-order valence-electron chi connectivity index (χ0n) is 18.6. The van der Waals surface area contributed by atoms with E-state index in [0.717, 1.165) is 22.3 Å². The third kappa shape index (κ3) is 3.23. The van der Waals surface area contributed by atoms with E-state index in [4.69, 9.17) is 14.2 Å². The summed E-state index contributed by atoms with van der Waals surface area (Å²) >= 11 is 0. The highest BCUT2D eigenvalue weighted by Crippen LogP contribution is 2.51. The summed E-state index contributed by atoms with van der Waals surface area (Å²) in [4.78, 5) is 15.5. The maximum absolute atomic E-state index is 13.6. The lowest BCUT2D eigenvalue weighted by atomic mass is 9.73. The van der Waals surface area contributed by atoms with E-state index in [1.807, 2.05) is 56.0 Å². The van der Waals surface area contributed by atoms with Crippen LogP contribution < -0.4 is 0 Å². The molecule has 3 aliphatic rings. The molecule has 2 saturated heterocycles. The molecule has 0 unspecified atom stereocenters. The second kappa shape index (κ2) is 7.30. The Kier molecular flexibility index (Phi) is 4.81. The van der Waals surface area contributed by atoms with Crippen LogP contribution in [0.1, 0.15) is 37.5 Å². The van der Waals surface area contributed by atoms with Gasteiger partial charge in [-0.25, -0.2) is 0 Å². The fourth-order valence-electron chi connectivity index (χ4n) is 5.11. The highest BCUT2D eigenvalue weighted by molar-refractivity contribution is 6.00. The number of carbonyl (C=O) groups excluding carboxylic acids is 1. The molecular formula is C26H29NO4. The van der Waals surface area contributed by atoms with Crippen LogP contribution in [-0.4, -0.2) is 47.6 Å². The lowest BCUT2D eigenvalue weighted by Crippen LogP contribution is -2.77. The van der Waals surface area contributed by atoms with Crippen molar-refractivity contribution in [1.82, 2.24) is 4.90 Å². The Morgan fingerprint density at radius 2 is 1.71 bits per heavy atom. The number of nitrogens with zero attached hydrogens (tertiary/aromatic N) is 1. The van der Waals surface area contributed by atoms with Gasteiger partial charge in [0, 0.05) is 6.54 Å². The predicted molar refractivity (Wildman–Crippen MR) is 118 cm³/mol. The van der Waals surface area contributed by atoms with Gasteiger partial charge in [0.05, 0.1) is 13.2 Å². The van der Waals surface area contributed by atoms with E-state index in [1.54, 1.807) is 0 Å². The van der Waals surface area contributed by atoms with Crippen LogP contribution in [-0.2, 0) is 25.5 Å². The summed E-state index contributed by atoms with van der Waals surface area (Å²) in [6, 6.07) is 18.2. The van der Waals surface area contributed by atoms with E-state index in [0.29, 0.717) is 19.8 Å². The highest BCUT2D eigenvalue weighted by atomic mass is 16.7. The third-order valence-corrected chi connectivity index (χ3v) is 6.76. The second-order valence-electron chi connectivity index (χ2n) is 9.22. The second-order valence-corrected chi connectivity index (χ2v) is 9.22. The first-order valence-electron chi connectivity index (χ1n) is 10.9. The normalized spacial score (nSPS) is 29.7. The van der Waals surface area contributed by atoms with Crippen molar-refractivity contribution in [2.45, 2.75) is 57.8 Å². The molecule has 2 aromatic rings. The number of benzene rings is 2. The standard InChI is InChI=1S/C26H29NO4/c1-17-10-12-20(13-11-17)21-15-30-26(18(21)2)23(22-16-29-25(3,4)31-22)27(24(26)28)14-19-8-6-5-7-9-19/h5-13,22-23H,14-16H2,1-4H3/t22-,23+,26-/m1/s1. The van der Waals surface area contributed by atoms with E-state index >= 15 is 0 Å². The minimum Gasteiger partial charge on any atom is -0.354 e. The number of amides is 1. The van der Waals surface area contributed by atoms with Gasteiger partial charge in [-0.15, -0.1) is 0 Å². The SMILES string of the molecule is CC1=C(c2ccc(C)cc2)CO[C@]12C(=O)N(Cc1ccccc1)[C@H]2[C@H]1COC(C)(C)O1. The predicted octanol–water partition coefficient (Wildman–Crippen LogP) is 4.10. The number of β-lactam (4-membered cyclic amide) rings is 1. The Balaban J connectivity index is 1.52. The lowest BCUT2D eigenvalue weighted by Gasteiger charge is -2.56. The molecular weight excluding hydrogens is 390 g/mol. The van der Waals surface area contributed by atoms with Gasteiger partial charge < -0.3 is 19.1 Å². The Labute approximate surface area is 183 Å². The summed E-state index contributed by atoms with van der Waals surface area (Å²) < 4.78 is 18.5. The third-order valence-electron chi connectivity index (χ3n) is 6.76. The van der Waals surface area contributed by atoms with E-state index in [2.05, 4.69) is 31.2 Å². The first-order chi connectivity index (χ1) is 14.8.